The Morgan fingerprint density at radius 1 is 1.10 bits per heavy atom. The number of esters is 1. The fourth-order valence-corrected chi connectivity index (χ4v) is 2.82. The first-order valence-electron chi connectivity index (χ1n) is 8.65. The minimum atomic E-state index is -1.41. The summed E-state index contributed by atoms with van der Waals surface area (Å²) < 4.78 is 32.1. The molecule has 0 aromatic heterocycles. The van der Waals surface area contributed by atoms with E-state index in [1.807, 2.05) is 5.32 Å². The van der Waals surface area contributed by atoms with Crippen LogP contribution in [0.15, 0.2) is 42.5 Å². The minimum absolute atomic E-state index is 0.0439. The van der Waals surface area contributed by atoms with Gasteiger partial charge in [0.1, 0.15) is 23.9 Å². The monoisotopic (exact) mass is 402 g/mol. The van der Waals surface area contributed by atoms with Crippen molar-refractivity contribution in [1.82, 2.24) is 4.90 Å². The lowest BCUT2D eigenvalue weighted by Crippen LogP contribution is -2.46. The third kappa shape index (κ3) is 4.29. The number of para-hydroxylation sites is 1. The second-order valence-electron chi connectivity index (χ2n) is 6.34. The number of rotatable bonds is 5. The molecule has 0 saturated carbocycles. The molecule has 0 unspecified atom stereocenters. The summed E-state index contributed by atoms with van der Waals surface area (Å²) in [5.41, 5.74) is 0.200. The predicted molar refractivity (Wildman–Crippen MR) is 96.7 cm³/mol. The summed E-state index contributed by atoms with van der Waals surface area (Å²) in [7, 11) is 0. The van der Waals surface area contributed by atoms with E-state index in [1.54, 1.807) is 24.3 Å². The fourth-order valence-electron chi connectivity index (χ4n) is 2.82. The molecule has 9 heteroatoms. The first-order valence-corrected chi connectivity index (χ1v) is 8.65. The van der Waals surface area contributed by atoms with Crippen molar-refractivity contribution in [2.24, 2.45) is 0 Å². The Balaban J connectivity index is 1.62. The number of halogens is 2. The summed E-state index contributed by atoms with van der Waals surface area (Å²) in [6.45, 7) is 0.513. The highest BCUT2D eigenvalue weighted by molar-refractivity contribution is 6.11. The van der Waals surface area contributed by atoms with Gasteiger partial charge in [-0.25, -0.2) is 8.78 Å². The fraction of sp³-hybridized carbons (Fsp3) is 0.200. The summed E-state index contributed by atoms with van der Waals surface area (Å²) in [6, 6.07) is 9.58. The first kappa shape index (κ1) is 20.1. The van der Waals surface area contributed by atoms with Gasteiger partial charge in [0.05, 0.1) is 6.42 Å². The maximum Gasteiger partial charge on any atom is 0.326 e. The van der Waals surface area contributed by atoms with Crippen LogP contribution in [0.25, 0.3) is 0 Å². The van der Waals surface area contributed by atoms with E-state index in [4.69, 9.17) is 4.74 Å². The second kappa shape index (κ2) is 8.17. The molecule has 1 aliphatic rings. The molecule has 2 aromatic rings. The van der Waals surface area contributed by atoms with Gasteiger partial charge in [0.15, 0.2) is 6.10 Å². The van der Waals surface area contributed by atoms with E-state index in [2.05, 4.69) is 0 Å². The van der Waals surface area contributed by atoms with Crippen molar-refractivity contribution in [2.75, 3.05) is 11.9 Å². The lowest BCUT2D eigenvalue weighted by Gasteiger charge is -2.26. The van der Waals surface area contributed by atoms with Gasteiger partial charge in [-0.2, -0.15) is 0 Å². The Labute approximate surface area is 164 Å². The number of anilines is 1. The number of imide groups is 1. The number of carbonyl (C=O) groups excluding carboxylic acids is 4. The van der Waals surface area contributed by atoms with Gasteiger partial charge in [-0.3, -0.25) is 24.1 Å². The third-order valence-electron chi connectivity index (χ3n) is 4.31. The van der Waals surface area contributed by atoms with E-state index in [0.717, 1.165) is 23.1 Å². The van der Waals surface area contributed by atoms with Crippen LogP contribution in [-0.4, -0.2) is 41.2 Å². The molecule has 0 saturated heterocycles. The molecule has 0 bridgehead atoms. The smallest absolute Gasteiger partial charge is 0.326 e. The van der Waals surface area contributed by atoms with Gasteiger partial charge in [-0.15, -0.1) is 0 Å². The minimum Gasteiger partial charge on any atom is -0.451 e. The Kier molecular flexibility index (Phi) is 5.67. The van der Waals surface area contributed by atoms with Gasteiger partial charge in [-0.05, 0) is 30.7 Å². The molecule has 0 radical (unpaired) electrons. The van der Waals surface area contributed by atoms with Crippen molar-refractivity contribution in [2.45, 2.75) is 19.4 Å². The molecule has 1 aliphatic heterocycles. The van der Waals surface area contributed by atoms with Crippen molar-refractivity contribution in [1.29, 1.82) is 0 Å². The van der Waals surface area contributed by atoms with Crippen LogP contribution in [0.5, 0.6) is 0 Å². The van der Waals surface area contributed by atoms with E-state index in [0.29, 0.717) is 11.1 Å². The van der Waals surface area contributed by atoms with Crippen LogP contribution in [0.1, 0.15) is 22.8 Å². The van der Waals surface area contributed by atoms with E-state index in [1.165, 1.54) is 6.92 Å². The van der Waals surface area contributed by atoms with Crippen molar-refractivity contribution >= 4 is 29.4 Å². The third-order valence-corrected chi connectivity index (χ3v) is 4.31. The Morgan fingerprint density at radius 2 is 1.76 bits per heavy atom. The predicted octanol–water partition coefficient (Wildman–Crippen LogP) is 2.06. The van der Waals surface area contributed by atoms with Crippen LogP contribution >= 0.6 is 0 Å². The molecule has 0 spiro atoms. The number of fused-ring (bicyclic) bond motifs is 1. The zero-order chi connectivity index (χ0) is 21.1. The quantitative estimate of drug-likeness (QED) is 0.611. The van der Waals surface area contributed by atoms with Crippen molar-refractivity contribution in [3.05, 3.63) is 65.2 Å². The molecule has 3 rings (SSSR count). The average Bonchev–Trinajstić information content (AvgIpc) is 2.68. The van der Waals surface area contributed by atoms with E-state index >= 15 is 0 Å². The molecule has 7 nitrogen and oxygen atoms in total. The summed E-state index contributed by atoms with van der Waals surface area (Å²) in [6.07, 6.45) is -1.46. The van der Waals surface area contributed by atoms with E-state index < -0.39 is 53.7 Å². The van der Waals surface area contributed by atoms with Crippen LogP contribution in [-0.2, 0) is 25.5 Å². The lowest BCUT2D eigenvalue weighted by atomic mass is 9.98. The van der Waals surface area contributed by atoms with Crippen LogP contribution in [0, 0.1) is 11.6 Å². The number of hydrogen-bond donors (Lipinski definition) is 1. The summed E-state index contributed by atoms with van der Waals surface area (Å²) >= 11 is 0. The Bertz CT molecular complexity index is 988. The first-order chi connectivity index (χ1) is 13.8. The van der Waals surface area contributed by atoms with Gasteiger partial charge < -0.3 is 10.1 Å². The van der Waals surface area contributed by atoms with Gasteiger partial charge in [-0.1, -0.05) is 24.3 Å². The number of hydrogen-bond acceptors (Lipinski definition) is 5. The number of nitrogens with zero attached hydrogens (tertiary/aromatic N) is 1. The van der Waals surface area contributed by atoms with Gasteiger partial charge in [0.2, 0.25) is 5.91 Å². The largest absolute Gasteiger partial charge is 0.451 e. The van der Waals surface area contributed by atoms with Crippen LogP contribution in [0.3, 0.4) is 0 Å². The number of amides is 3. The normalized spacial score (nSPS) is 14.2. The number of ether oxygens (including phenoxy) is 1. The van der Waals surface area contributed by atoms with E-state index in [-0.39, 0.29) is 6.42 Å². The maximum atomic E-state index is 13.6. The molecule has 2 aromatic carbocycles. The molecule has 0 aliphatic carbocycles. The molecule has 1 heterocycles. The highest BCUT2D eigenvalue weighted by Gasteiger charge is 2.33. The Morgan fingerprint density at radius 3 is 2.45 bits per heavy atom. The van der Waals surface area contributed by atoms with Gasteiger partial charge in [0.25, 0.3) is 11.8 Å². The number of nitrogens with one attached hydrogen (secondary N) is 1. The Hall–Kier alpha value is -3.62. The SMILES string of the molecule is C[C@H](OC(=O)CN1C(=O)Cc2ccccc2C1=O)C(=O)Nc1c(F)cccc1F. The zero-order valence-corrected chi connectivity index (χ0v) is 15.3. The summed E-state index contributed by atoms with van der Waals surface area (Å²) in [5.74, 6) is -5.16. The summed E-state index contributed by atoms with van der Waals surface area (Å²) in [4.78, 5) is 49.5. The highest BCUT2D eigenvalue weighted by Crippen LogP contribution is 2.20. The average molecular weight is 402 g/mol. The highest BCUT2D eigenvalue weighted by atomic mass is 19.1. The molecule has 3 amide bonds. The standard InChI is InChI=1S/C20H16F2N2O5/c1-11(19(27)23-18-14(21)7-4-8-15(18)22)29-17(26)10-24-16(25)9-12-5-2-3-6-13(12)20(24)28/h2-8,11H,9-10H2,1H3,(H,23,27)/t11-/m0/s1. The zero-order valence-electron chi connectivity index (χ0n) is 15.3. The number of carbonyl (C=O) groups is 4. The molecule has 1 atom stereocenters. The van der Waals surface area contributed by atoms with Crippen molar-refractivity contribution < 1.29 is 32.7 Å². The topological polar surface area (TPSA) is 92.8 Å². The number of benzene rings is 2. The molecule has 29 heavy (non-hydrogen) atoms. The van der Waals surface area contributed by atoms with Gasteiger partial charge in [0, 0.05) is 5.56 Å². The molecule has 1 N–H and O–H groups in total. The second-order valence-corrected chi connectivity index (χ2v) is 6.34. The molecule has 0 fully saturated rings. The van der Waals surface area contributed by atoms with Gasteiger partial charge >= 0.3 is 5.97 Å². The maximum absolute atomic E-state index is 13.6. The lowest BCUT2D eigenvalue weighted by molar-refractivity contribution is -0.155. The van der Waals surface area contributed by atoms with Crippen LogP contribution in [0.4, 0.5) is 14.5 Å². The molecular weight excluding hydrogens is 386 g/mol. The van der Waals surface area contributed by atoms with Crippen molar-refractivity contribution in [3.63, 3.8) is 0 Å². The van der Waals surface area contributed by atoms with Crippen molar-refractivity contribution in [3.8, 4) is 0 Å². The van der Waals surface area contributed by atoms with E-state index in [9.17, 15) is 28.0 Å². The molecular formula is C20H16F2N2O5. The molecule has 150 valence electrons. The van der Waals surface area contributed by atoms with Crippen LogP contribution in [0.2, 0.25) is 0 Å². The van der Waals surface area contributed by atoms with Crippen LogP contribution < -0.4 is 5.32 Å². The summed E-state index contributed by atoms with van der Waals surface area (Å²) in [5, 5.41) is 2.00.